The van der Waals surface area contributed by atoms with Crippen molar-refractivity contribution < 1.29 is 44.1 Å². The van der Waals surface area contributed by atoms with E-state index in [1.807, 2.05) is 0 Å². The van der Waals surface area contributed by atoms with E-state index in [-0.39, 0.29) is 25.7 Å². The van der Waals surface area contributed by atoms with Gasteiger partial charge in [0.15, 0.2) is 6.29 Å². The quantitative estimate of drug-likeness (QED) is 0.424. The maximum atomic E-state index is 10.4. The second kappa shape index (κ2) is 8.84. The molecule has 0 amide bonds. The normalized spacial score (nSPS) is 46.9. The molecule has 2 fully saturated rings. The molecule has 9 nitrogen and oxygen atoms in total. The molecular formula is C15H28O9. The fraction of sp³-hybridized carbons (Fsp3) is 1.00. The molecular weight excluding hydrogens is 324 g/mol. The topological polar surface area (TPSA) is 127 Å². The molecule has 24 heavy (non-hydrogen) atoms. The highest BCUT2D eigenvalue weighted by Crippen LogP contribution is 2.30. The van der Waals surface area contributed by atoms with Crippen molar-refractivity contribution in [3.05, 3.63) is 0 Å². The number of ether oxygens (including phenoxy) is 5. The van der Waals surface area contributed by atoms with Gasteiger partial charge in [-0.05, 0) is 0 Å². The zero-order valence-electron chi connectivity index (χ0n) is 14.1. The Labute approximate surface area is 141 Å². The predicted molar refractivity (Wildman–Crippen MR) is 80.2 cm³/mol. The highest BCUT2D eigenvalue weighted by molar-refractivity contribution is 4.92. The standard InChI is InChI=1S/C15H28O9/c1-7-8(17)5-22-9(4-16)13(7)24-15-12(19)14(21-3)11(18)10(23-15)6-20-2/h7-19H,4-6H2,1-3H3/t7?,8-,9?,10?,11+,12?,13+,14?,15+/m1/s1. The van der Waals surface area contributed by atoms with Crippen LogP contribution in [-0.4, -0.2) is 103 Å². The van der Waals surface area contributed by atoms with Crippen LogP contribution in [0.15, 0.2) is 0 Å². The molecule has 9 heteroatoms. The molecule has 0 aliphatic carbocycles. The molecule has 2 aliphatic rings. The molecule has 0 bridgehead atoms. The van der Waals surface area contributed by atoms with Gasteiger partial charge in [-0.2, -0.15) is 0 Å². The van der Waals surface area contributed by atoms with Crippen molar-refractivity contribution in [2.75, 3.05) is 34.0 Å². The largest absolute Gasteiger partial charge is 0.394 e. The monoisotopic (exact) mass is 352 g/mol. The van der Waals surface area contributed by atoms with Crippen LogP contribution in [0.25, 0.3) is 0 Å². The van der Waals surface area contributed by atoms with Crippen LogP contribution >= 0.6 is 0 Å². The van der Waals surface area contributed by atoms with Crippen LogP contribution in [0.5, 0.6) is 0 Å². The second-order valence-electron chi connectivity index (χ2n) is 6.26. The van der Waals surface area contributed by atoms with Crippen LogP contribution < -0.4 is 0 Å². The second-order valence-corrected chi connectivity index (χ2v) is 6.26. The number of methoxy groups -OCH3 is 2. The van der Waals surface area contributed by atoms with E-state index in [1.165, 1.54) is 14.2 Å². The molecule has 2 heterocycles. The number of aliphatic hydroxyl groups excluding tert-OH is 4. The van der Waals surface area contributed by atoms with E-state index in [4.69, 9.17) is 23.7 Å². The minimum Gasteiger partial charge on any atom is -0.394 e. The van der Waals surface area contributed by atoms with Gasteiger partial charge in [-0.25, -0.2) is 0 Å². The Bertz CT molecular complexity index is 380. The predicted octanol–water partition coefficient (Wildman–Crippen LogP) is -2.13. The lowest BCUT2D eigenvalue weighted by molar-refractivity contribution is -0.334. The van der Waals surface area contributed by atoms with Gasteiger partial charge in [0.25, 0.3) is 0 Å². The summed E-state index contributed by atoms with van der Waals surface area (Å²) in [4.78, 5) is 0. The first-order valence-electron chi connectivity index (χ1n) is 8.03. The lowest BCUT2D eigenvalue weighted by Crippen LogP contribution is -2.62. The van der Waals surface area contributed by atoms with Crippen molar-refractivity contribution in [1.82, 2.24) is 0 Å². The molecule has 5 unspecified atom stereocenters. The molecule has 0 radical (unpaired) electrons. The van der Waals surface area contributed by atoms with Gasteiger partial charge < -0.3 is 44.1 Å². The van der Waals surface area contributed by atoms with Gasteiger partial charge in [0, 0.05) is 20.1 Å². The van der Waals surface area contributed by atoms with E-state index in [1.54, 1.807) is 6.92 Å². The van der Waals surface area contributed by atoms with Crippen molar-refractivity contribution in [2.45, 2.75) is 55.9 Å². The Morgan fingerprint density at radius 3 is 2.33 bits per heavy atom. The zero-order valence-corrected chi connectivity index (χ0v) is 14.1. The van der Waals surface area contributed by atoms with Gasteiger partial charge >= 0.3 is 0 Å². The molecule has 142 valence electrons. The van der Waals surface area contributed by atoms with Crippen LogP contribution in [0.3, 0.4) is 0 Å². The highest BCUT2D eigenvalue weighted by Gasteiger charge is 2.48. The Balaban J connectivity index is 2.12. The van der Waals surface area contributed by atoms with Crippen LogP contribution in [0.4, 0.5) is 0 Å². The molecule has 2 saturated heterocycles. The number of hydrogen-bond acceptors (Lipinski definition) is 9. The average molecular weight is 352 g/mol. The summed E-state index contributed by atoms with van der Waals surface area (Å²) in [5, 5.41) is 40.0. The molecule has 0 aromatic carbocycles. The molecule has 0 aromatic heterocycles. The Kier molecular flexibility index (Phi) is 7.35. The van der Waals surface area contributed by atoms with Crippen LogP contribution in [0, 0.1) is 5.92 Å². The first-order valence-corrected chi connectivity index (χ1v) is 8.03. The molecule has 0 spiro atoms. The first-order chi connectivity index (χ1) is 11.4. The van der Waals surface area contributed by atoms with Crippen LogP contribution in [0.2, 0.25) is 0 Å². The van der Waals surface area contributed by atoms with E-state index in [0.717, 1.165) is 0 Å². The molecule has 9 atom stereocenters. The highest BCUT2D eigenvalue weighted by atomic mass is 16.7. The lowest BCUT2D eigenvalue weighted by Gasteiger charge is -2.45. The van der Waals surface area contributed by atoms with Gasteiger partial charge in [-0.15, -0.1) is 0 Å². The van der Waals surface area contributed by atoms with E-state index in [0.29, 0.717) is 0 Å². The first kappa shape index (κ1) is 20.0. The van der Waals surface area contributed by atoms with Gasteiger partial charge in [0.05, 0.1) is 32.0 Å². The summed E-state index contributed by atoms with van der Waals surface area (Å²) in [6.45, 7) is 1.68. The van der Waals surface area contributed by atoms with Crippen molar-refractivity contribution in [2.24, 2.45) is 5.92 Å². The lowest BCUT2D eigenvalue weighted by atomic mass is 9.91. The SMILES string of the molecule is COCC1O[C@@H](O[C@@H]2C(CO)OC[C@@H](O)C2C)C(O)C(OC)[C@H]1O. The van der Waals surface area contributed by atoms with Crippen molar-refractivity contribution >= 4 is 0 Å². The molecule has 2 aliphatic heterocycles. The molecule has 2 rings (SSSR count). The Morgan fingerprint density at radius 2 is 1.75 bits per heavy atom. The van der Waals surface area contributed by atoms with Crippen LogP contribution in [0.1, 0.15) is 6.92 Å². The number of rotatable bonds is 6. The molecule has 0 aromatic rings. The van der Waals surface area contributed by atoms with Gasteiger partial charge in [-0.3, -0.25) is 0 Å². The summed E-state index contributed by atoms with van der Waals surface area (Å²) in [6.07, 6.45) is -7.19. The summed E-state index contributed by atoms with van der Waals surface area (Å²) in [7, 11) is 2.84. The summed E-state index contributed by atoms with van der Waals surface area (Å²) < 4.78 is 27.0. The minimum atomic E-state index is -1.25. The Morgan fingerprint density at radius 1 is 1.04 bits per heavy atom. The van der Waals surface area contributed by atoms with Crippen molar-refractivity contribution in [3.8, 4) is 0 Å². The summed E-state index contributed by atoms with van der Waals surface area (Å²) in [6, 6.07) is 0. The fourth-order valence-electron chi connectivity index (χ4n) is 3.14. The smallest absolute Gasteiger partial charge is 0.187 e. The zero-order chi connectivity index (χ0) is 17.9. The third kappa shape index (κ3) is 4.06. The molecule has 4 N–H and O–H groups in total. The van der Waals surface area contributed by atoms with Gasteiger partial charge in [0.1, 0.15) is 30.5 Å². The number of hydrogen-bond donors (Lipinski definition) is 4. The maximum Gasteiger partial charge on any atom is 0.187 e. The van der Waals surface area contributed by atoms with E-state index >= 15 is 0 Å². The Hall–Kier alpha value is -0.360. The van der Waals surface area contributed by atoms with E-state index in [9.17, 15) is 20.4 Å². The minimum absolute atomic E-state index is 0.0936. The number of aliphatic hydroxyl groups is 4. The van der Waals surface area contributed by atoms with E-state index in [2.05, 4.69) is 0 Å². The van der Waals surface area contributed by atoms with E-state index < -0.39 is 49.0 Å². The summed E-state index contributed by atoms with van der Waals surface area (Å²) >= 11 is 0. The van der Waals surface area contributed by atoms with Gasteiger partial charge in [0.2, 0.25) is 0 Å². The van der Waals surface area contributed by atoms with Crippen molar-refractivity contribution in [3.63, 3.8) is 0 Å². The molecule has 0 saturated carbocycles. The average Bonchev–Trinajstić information content (AvgIpc) is 2.57. The van der Waals surface area contributed by atoms with Crippen LogP contribution in [-0.2, 0) is 23.7 Å². The summed E-state index contributed by atoms with van der Waals surface area (Å²) in [5.41, 5.74) is 0. The van der Waals surface area contributed by atoms with Crippen molar-refractivity contribution in [1.29, 1.82) is 0 Å². The third-order valence-electron chi connectivity index (χ3n) is 4.69. The maximum absolute atomic E-state index is 10.4. The fourth-order valence-corrected chi connectivity index (χ4v) is 3.14. The van der Waals surface area contributed by atoms with Gasteiger partial charge in [-0.1, -0.05) is 6.92 Å². The summed E-state index contributed by atoms with van der Waals surface area (Å²) in [5.74, 6) is -0.333. The third-order valence-corrected chi connectivity index (χ3v) is 4.69.